The molecule has 0 bridgehead atoms. The molecule has 0 radical (unpaired) electrons. The van der Waals surface area contributed by atoms with Gasteiger partial charge < -0.3 is 41.0 Å². The van der Waals surface area contributed by atoms with Crippen LogP contribution >= 0.6 is 0 Å². The van der Waals surface area contributed by atoms with Gasteiger partial charge in [-0.05, 0) is 40.0 Å². The van der Waals surface area contributed by atoms with E-state index in [2.05, 4.69) is 21.3 Å². The van der Waals surface area contributed by atoms with Crippen LogP contribution in [0.5, 0.6) is 0 Å². The average molecular weight is 517 g/mol. The molecule has 0 spiro atoms. The van der Waals surface area contributed by atoms with Gasteiger partial charge in [-0.3, -0.25) is 24.0 Å². The molecule has 4 atom stereocenters. The molecule has 0 saturated heterocycles. The molecule has 0 aromatic heterocycles. The van der Waals surface area contributed by atoms with Gasteiger partial charge >= 0.3 is 18.0 Å². The second-order valence-electron chi connectivity index (χ2n) is 9.44. The Balaban J connectivity index is 5.47. The predicted octanol–water partition coefficient (Wildman–Crippen LogP) is -0.452. The Hall–Kier alpha value is -3.71. The van der Waals surface area contributed by atoms with E-state index >= 15 is 0 Å². The maximum absolute atomic E-state index is 12.9. The number of nitrogens with one attached hydrogen (secondary N) is 4. The summed E-state index contributed by atoms with van der Waals surface area (Å²) in [6.45, 7) is 9.37. The van der Waals surface area contributed by atoms with E-state index in [4.69, 9.17) is 14.9 Å². The van der Waals surface area contributed by atoms with Crippen LogP contribution in [0.1, 0.15) is 60.8 Å². The maximum atomic E-state index is 12.9. The monoisotopic (exact) mass is 516 g/mol. The summed E-state index contributed by atoms with van der Waals surface area (Å²) in [6, 6.07) is -5.08. The Morgan fingerprint density at radius 2 is 1.42 bits per heavy atom. The van der Waals surface area contributed by atoms with Crippen molar-refractivity contribution in [1.29, 1.82) is 0 Å². The van der Waals surface area contributed by atoms with Crippen molar-refractivity contribution >= 4 is 42.0 Å². The zero-order valence-corrected chi connectivity index (χ0v) is 21.2. The SMILES string of the molecule is CC(C)[C@H](NC(=O)[C@@H](CCC(=O)O)NC(=O)[C@H](C)NC(=O)OC(C)(C)C)C(=O)N[C@@H](C=O)CC(=O)O. The van der Waals surface area contributed by atoms with E-state index in [-0.39, 0.29) is 12.7 Å². The normalized spacial score (nSPS) is 14.4. The Morgan fingerprint density at radius 1 is 0.833 bits per heavy atom. The summed E-state index contributed by atoms with van der Waals surface area (Å²) in [5.41, 5.74) is -0.816. The van der Waals surface area contributed by atoms with Crippen LogP contribution in [0.25, 0.3) is 0 Å². The summed E-state index contributed by atoms with van der Waals surface area (Å²) >= 11 is 0. The largest absolute Gasteiger partial charge is 0.481 e. The van der Waals surface area contributed by atoms with Gasteiger partial charge in [-0.15, -0.1) is 0 Å². The van der Waals surface area contributed by atoms with Crippen molar-refractivity contribution < 1.29 is 48.5 Å². The van der Waals surface area contributed by atoms with Gasteiger partial charge in [-0.25, -0.2) is 4.79 Å². The standard InChI is InChI=1S/C22H36N4O10/c1-11(2)17(20(34)24-13(10-27)9-16(30)31)26-19(33)14(7-8-15(28)29)25-18(32)12(3)23-21(35)36-22(4,5)6/h10-14,17H,7-9H2,1-6H3,(H,23,35)(H,24,34)(H,25,32)(H,26,33)(H,28,29)(H,30,31)/t12-,13+,14+,17-/m0/s1. The van der Waals surface area contributed by atoms with Crippen molar-refractivity contribution in [2.45, 2.75) is 90.6 Å². The first kappa shape index (κ1) is 32.3. The minimum Gasteiger partial charge on any atom is -0.481 e. The number of carboxylic acids is 2. The fourth-order valence-corrected chi connectivity index (χ4v) is 2.77. The highest BCUT2D eigenvalue weighted by Gasteiger charge is 2.31. The summed E-state index contributed by atoms with van der Waals surface area (Å²) in [4.78, 5) is 82.9. The third kappa shape index (κ3) is 13.2. The van der Waals surface area contributed by atoms with E-state index in [1.807, 2.05) is 0 Å². The molecule has 0 rings (SSSR count). The van der Waals surface area contributed by atoms with Crippen LogP contribution in [-0.2, 0) is 33.5 Å². The second kappa shape index (κ2) is 14.6. The van der Waals surface area contributed by atoms with Crippen LogP contribution in [0.15, 0.2) is 0 Å². The van der Waals surface area contributed by atoms with Crippen LogP contribution in [0, 0.1) is 5.92 Å². The van der Waals surface area contributed by atoms with E-state index < -0.39 is 84.3 Å². The summed E-state index contributed by atoms with van der Waals surface area (Å²) in [7, 11) is 0. The number of carbonyl (C=O) groups is 7. The van der Waals surface area contributed by atoms with Crippen LogP contribution in [-0.4, -0.2) is 82.0 Å². The predicted molar refractivity (Wildman–Crippen MR) is 125 cm³/mol. The third-order valence-electron chi connectivity index (χ3n) is 4.54. The number of amides is 4. The first-order valence-corrected chi connectivity index (χ1v) is 11.3. The maximum Gasteiger partial charge on any atom is 0.408 e. The summed E-state index contributed by atoms with van der Waals surface area (Å²) in [5, 5.41) is 27.1. The van der Waals surface area contributed by atoms with Gasteiger partial charge in [-0.1, -0.05) is 13.8 Å². The summed E-state index contributed by atoms with van der Waals surface area (Å²) < 4.78 is 5.07. The quantitative estimate of drug-likeness (QED) is 0.163. The van der Waals surface area contributed by atoms with Gasteiger partial charge in [0.05, 0.1) is 12.5 Å². The van der Waals surface area contributed by atoms with Crippen LogP contribution in [0.3, 0.4) is 0 Å². The minimum atomic E-state index is -1.38. The molecular weight excluding hydrogens is 480 g/mol. The average Bonchev–Trinajstić information content (AvgIpc) is 2.71. The van der Waals surface area contributed by atoms with Gasteiger partial charge in [0.1, 0.15) is 30.0 Å². The molecular formula is C22H36N4O10. The number of hydrogen-bond donors (Lipinski definition) is 6. The lowest BCUT2D eigenvalue weighted by Crippen LogP contribution is -2.58. The number of hydrogen-bond acceptors (Lipinski definition) is 8. The molecule has 0 fully saturated rings. The van der Waals surface area contributed by atoms with E-state index in [0.717, 1.165) is 0 Å². The van der Waals surface area contributed by atoms with Crippen molar-refractivity contribution in [3.05, 3.63) is 0 Å². The van der Waals surface area contributed by atoms with E-state index in [0.29, 0.717) is 0 Å². The molecule has 0 aliphatic heterocycles. The number of carboxylic acid groups (broad SMARTS) is 2. The Kier molecular flexibility index (Phi) is 13.1. The molecule has 0 unspecified atom stereocenters. The summed E-state index contributed by atoms with van der Waals surface area (Å²) in [5.74, 6) is -5.59. The van der Waals surface area contributed by atoms with Crippen LogP contribution in [0.2, 0.25) is 0 Å². The zero-order valence-electron chi connectivity index (χ0n) is 21.2. The number of rotatable bonds is 14. The van der Waals surface area contributed by atoms with Crippen LogP contribution < -0.4 is 21.3 Å². The highest BCUT2D eigenvalue weighted by Crippen LogP contribution is 2.08. The first-order valence-electron chi connectivity index (χ1n) is 11.3. The molecule has 36 heavy (non-hydrogen) atoms. The molecule has 14 heteroatoms. The summed E-state index contributed by atoms with van der Waals surface area (Å²) in [6.07, 6.45) is -2.10. The zero-order chi connectivity index (χ0) is 28.2. The molecule has 14 nitrogen and oxygen atoms in total. The smallest absolute Gasteiger partial charge is 0.408 e. The fraction of sp³-hybridized carbons (Fsp3) is 0.682. The lowest BCUT2D eigenvalue weighted by atomic mass is 10.0. The van der Waals surface area contributed by atoms with Crippen molar-refractivity contribution in [2.75, 3.05) is 0 Å². The van der Waals surface area contributed by atoms with Crippen molar-refractivity contribution in [3.63, 3.8) is 0 Å². The third-order valence-corrected chi connectivity index (χ3v) is 4.54. The lowest BCUT2D eigenvalue weighted by molar-refractivity contribution is -0.140. The molecule has 0 saturated carbocycles. The van der Waals surface area contributed by atoms with Gasteiger partial charge in [0.15, 0.2) is 0 Å². The van der Waals surface area contributed by atoms with Gasteiger partial charge in [0.25, 0.3) is 0 Å². The van der Waals surface area contributed by atoms with Crippen LogP contribution in [0.4, 0.5) is 4.79 Å². The van der Waals surface area contributed by atoms with Crippen molar-refractivity contribution in [1.82, 2.24) is 21.3 Å². The highest BCUT2D eigenvalue weighted by molar-refractivity contribution is 5.94. The lowest BCUT2D eigenvalue weighted by Gasteiger charge is -2.27. The van der Waals surface area contributed by atoms with Crippen molar-refractivity contribution in [2.24, 2.45) is 5.92 Å². The molecule has 0 aliphatic carbocycles. The molecule has 4 amide bonds. The second-order valence-corrected chi connectivity index (χ2v) is 9.44. The molecule has 0 aliphatic rings. The number of aliphatic carboxylic acids is 2. The van der Waals surface area contributed by atoms with E-state index in [9.17, 15) is 33.6 Å². The molecule has 204 valence electrons. The minimum absolute atomic E-state index is 0.250. The number of aldehydes is 1. The number of alkyl carbamates (subject to hydrolysis) is 1. The Bertz CT molecular complexity index is 837. The number of ether oxygens (including phenoxy) is 1. The number of carbonyl (C=O) groups excluding carboxylic acids is 5. The molecule has 0 aromatic carbocycles. The molecule has 0 aromatic rings. The molecule has 0 heterocycles. The molecule has 6 N–H and O–H groups in total. The Labute approximate surface area is 208 Å². The van der Waals surface area contributed by atoms with Gasteiger partial charge in [0, 0.05) is 6.42 Å². The van der Waals surface area contributed by atoms with Gasteiger partial charge in [0.2, 0.25) is 17.7 Å². The fourth-order valence-electron chi connectivity index (χ4n) is 2.77. The van der Waals surface area contributed by atoms with E-state index in [1.54, 1.807) is 34.6 Å². The topological polar surface area (TPSA) is 217 Å². The highest BCUT2D eigenvalue weighted by atomic mass is 16.6. The first-order chi connectivity index (χ1) is 16.5. The Morgan fingerprint density at radius 3 is 1.86 bits per heavy atom. The van der Waals surface area contributed by atoms with E-state index in [1.165, 1.54) is 6.92 Å². The van der Waals surface area contributed by atoms with Crippen molar-refractivity contribution in [3.8, 4) is 0 Å². The van der Waals surface area contributed by atoms with Gasteiger partial charge in [-0.2, -0.15) is 0 Å².